The molecule has 1 aromatic carbocycles. The third-order valence-electron chi connectivity index (χ3n) is 3.39. The van der Waals surface area contributed by atoms with Crippen molar-refractivity contribution in [3.8, 4) is 6.07 Å². The smallest absolute Gasteiger partial charge is 0.0930 e. The molecule has 1 aromatic rings. The number of allylic oxidation sites excluding steroid dienone is 2. The number of nitriles is 1. The van der Waals surface area contributed by atoms with Crippen molar-refractivity contribution < 1.29 is 0 Å². The second kappa shape index (κ2) is 3.38. The van der Waals surface area contributed by atoms with Crippen LogP contribution in [0, 0.1) is 18.3 Å². The maximum absolute atomic E-state index is 8.86. The maximum Gasteiger partial charge on any atom is 0.0930 e. The van der Waals surface area contributed by atoms with Gasteiger partial charge in [0.05, 0.1) is 6.07 Å². The van der Waals surface area contributed by atoms with Crippen LogP contribution < -0.4 is 4.90 Å². The molecule has 1 aliphatic heterocycles. The Kier molecular flexibility index (Phi) is 2.27. The summed E-state index contributed by atoms with van der Waals surface area (Å²) < 4.78 is 0. The molecule has 16 heavy (non-hydrogen) atoms. The van der Waals surface area contributed by atoms with E-state index in [1.807, 2.05) is 7.05 Å². The molecule has 1 heterocycles. The van der Waals surface area contributed by atoms with E-state index < -0.39 is 0 Å². The fourth-order valence-electron chi connectivity index (χ4n) is 2.47. The number of likely N-dealkylation sites (N-methyl/N-ethyl adjacent to an activating group) is 1. The molecule has 0 aromatic heterocycles. The molecule has 0 unspecified atom stereocenters. The van der Waals surface area contributed by atoms with Gasteiger partial charge in [-0.25, -0.2) is 0 Å². The van der Waals surface area contributed by atoms with Crippen LogP contribution in [0.5, 0.6) is 0 Å². The van der Waals surface area contributed by atoms with Crippen LogP contribution in [-0.2, 0) is 5.41 Å². The Morgan fingerprint density at radius 3 is 2.69 bits per heavy atom. The van der Waals surface area contributed by atoms with E-state index in [1.54, 1.807) is 6.08 Å². The average molecular weight is 212 g/mol. The van der Waals surface area contributed by atoms with Crippen molar-refractivity contribution in [2.45, 2.75) is 26.2 Å². The Balaban J connectivity index is 2.68. The standard InChI is InChI=1S/C14H16N2/c1-10-5-6-12-11(9-10)14(2,3)13(7-8-15)16(12)4/h5-7,9H,1-4H3. The number of hydrogen-bond acceptors (Lipinski definition) is 2. The van der Waals surface area contributed by atoms with Gasteiger partial charge in [0, 0.05) is 29.9 Å². The molecule has 82 valence electrons. The van der Waals surface area contributed by atoms with Gasteiger partial charge in [-0.3, -0.25) is 0 Å². The molecule has 0 atom stereocenters. The third-order valence-corrected chi connectivity index (χ3v) is 3.39. The number of nitrogens with zero attached hydrogens (tertiary/aromatic N) is 2. The Morgan fingerprint density at radius 2 is 2.06 bits per heavy atom. The van der Waals surface area contributed by atoms with Crippen molar-refractivity contribution in [2.75, 3.05) is 11.9 Å². The van der Waals surface area contributed by atoms with Crippen molar-refractivity contribution in [2.24, 2.45) is 0 Å². The highest BCUT2D eigenvalue weighted by molar-refractivity contribution is 5.70. The molecular formula is C14H16N2. The van der Waals surface area contributed by atoms with E-state index in [1.165, 1.54) is 16.8 Å². The van der Waals surface area contributed by atoms with Crippen LogP contribution in [0.4, 0.5) is 5.69 Å². The summed E-state index contributed by atoms with van der Waals surface area (Å²) >= 11 is 0. The summed E-state index contributed by atoms with van der Waals surface area (Å²) in [4.78, 5) is 2.11. The summed E-state index contributed by atoms with van der Waals surface area (Å²) in [7, 11) is 2.02. The lowest BCUT2D eigenvalue weighted by atomic mass is 9.83. The number of fused-ring (bicyclic) bond motifs is 1. The van der Waals surface area contributed by atoms with Crippen molar-refractivity contribution in [3.63, 3.8) is 0 Å². The molecule has 0 aliphatic carbocycles. The first-order chi connectivity index (χ1) is 7.48. The minimum atomic E-state index is -0.0775. The van der Waals surface area contributed by atoms with Crippen LogP contribution in [0.1, 0.15) is 25.0 Å². The third kappa shape index (κ3) is 1.32. The summed E-state index contributed by atoms with van der Waals surface area (Å²) in [5, 5.41) is 8.86. The highest BCUT2D eigenvalue weighted by Crippen LogP contribution is 2.46. The van der Waals surface area contributed by atoms with E-state index in [0.717, 1.165) is 5.70 Å². The molecule has 2 rings (SSSR count). The van der Waals surface area contributed by atoms with Crippen LogP contribution in [-0.4, -0.2) is 7.05 Å². The van der Waals surface area contributed by atoms with Crippen LogP contribution in [0.25, 0.3) is 0 Å². The monoisotopic (exact) mass is 212 g/mol. The molecule has 2 heteroatoms. The van der Waals surface area contributed by atoms with Gasteiger partial charge in [0.25, 0.3) is 0 Å². The van der Waals surface area contributed by atoms with E-state index in [4.69, 9.17) is 5.26 Å². The molecule has 1 aliphatic rings. The lowest BCUT2D eigenvalue weighted by molar-refractivity contribution is 0.640. The topological polar surface area (TPSA) is 27.0 Å². The fraction of sp³-hybridized carbons (Fsp3) is 0.357. The molecule has 0 spiro atoms. The van der Waals surface area contributed by atoms with E-state index >= 15 is 0 Å². The molecule has 2 nitrogen and oxygen atoms in total. The van der Waals surface area contributed by atoms with Crippen LogP contribution in [0.2, 0.25) is 0 Å². The summed E-state index contributed by atoms with van der Waals surface area (Å²) in [6.45, 7) is 6.43. The van der Waals surface area contributed by atoms with Gasteiger partial charge in [-0.15, -0.1) is 0 Å². The zero-order chi connectivity index (χ0) is 11.9. The van der Waals surface area contributed by atoms with Crippen LogP contribution in [0.3, 0.4) is 0 Å². The number of hydrogen-bond donors (Lipinski definition) is 0. The minimum Gasteiger partial charge on any atom is -0.346 e. The quantitative estimate of drug-likeness (QED) is 0.618. The SMILES string of the molecule is Cc1ccc2c(c1)C(C)(C)C(=CC#N)N2C. The lowest BCUT2D eigenvalue weighted by Crippen LogP contribution is -2.22. The normalized spacial score (nSPS) is 19.7. The number of benzene rings is 1. The summed E-state index contributed by atoms with van der Waals surface area (Å²) in [5.74, 6) is 0. The first kappa shape index (κ1) is 10.8. The fourth-order valence-corrected chi connectivity index (χ4v) is 2.47. The first-order valence-electron chi connectivity index (χ1n) is 5.43. The van der Waals surface area contributed by atoms with E-state index in [-0.39, 0.29) is 5.41 Å². The maximum atomic E-state index is 8.86. The first-order valence-corrected chi connectivity index (χ1v) is 5.43. The minimum absolute atomic E-state index is 0.0775. The summed E-state index contributed by atoms with van der Waals surface area (Å²) in [6, 6.07) is 8.60. The zero-order valence-corrected chi connectivity index (χ0v) is 10.2. The van der Waals surface area contributed by atoms with Gasteiger partial charge in [-0.05, 0) is 18.6 Å². The predicted octanol–water partition coefficient (Wildman–Crippen LogP) is 3.13. The Bertz CT molecular complexity index is 504. The zero-order valence-electron chi connectivity index (χ0n) is 10.2. The van der Waals surface area contributed by atoms with Gasteiger partial charge in [-0.2, -0.15) is 5.26 Å². The van der Waals surface area contributed by atoms with E-state index in [2.05, 4.69) is 49.9 Å². The molecule has 0 saturated carbocycles. The lowest BCUT2D eigenvalue weighted by Gasteiger charge is -2.22. The molecule has 0 bridgehead atoms. The van der Waals surface area contributed by atoms with Gasteiger partial charge in [0.1, 0.15) is 0 Å². The highest BCUT2D eigenvalue weighted by Gasteiger charge is 2.38. The molecular weight excluding hydrogens is 196 g/mol. The second-order valence-electron chi connectivity index (χ2n) is 4.86. The van der Waals surface area contributed by atoms with Crippen LogP contribution >= 0.6 is 0 Å². The van der Waals surface area contributed by atoms with Crippen molar-refractivity contribution in [1.82, 2.24) is 0 Å². The Labute approximate surface area is 96.8 Å². The van der Waals surface area contributed by atoms with Gasteiger partial charge in [0.2, 0.25) is 0 Å². The van der Waals surface area contributed by atoms with E-state index in [0.29, 0.717) is 0 Å². The predicted molar refractivity (Wildman–Crippen MR) is 66.3 cm³/mol. The molecule has 0 fully saturated rings. The molecule has 0 saturated heterocycles. The molecule has 0 N–H and O–H groups in total. The van der Waals surface area contributed by atoms with Crippen LogP contribution in [0.15, 0.2) is 30.0 Å². The Hall–Kier alpha value is -1.75. The van der Waals surface area contributed by atoms with Gasteiger partial charge >= 0.3 is 0 Å². The molecule has 0 amide bonds. The van der Waals surface area contributed by atoms with Gasteiger partial charge < -0.3 is 4.90 Å². The van der Waals surface area contributed by atoms with Crippen molar-refractivity contribution in [1.29, 1.82) is 5.26 Å². The highest BCUT2D eigenvalue weighted by atomic mass is 15.2. The van der Waals surface area contributed by atoms with Crippen molar-refractivity contribution in [3.05, 3.63) is 41.1 Å². The van der Waals surface area contributed by atoms with Gasteiger partial charge in [-0.1, -0.05) is 31.5 Å². The Morgan fingerprint density at radius 1 is 1.38 bits per heavy atom. The number of aryl methyl sites for hydroxylation is 1. The van der Waals surface area contributed by atoms with Crippen molar-refractivity contribution >= 4 is 5.69 Å². The summed E-state index contributed by atoms with van der Waals surface area (Å²) in [5.41, 5.74) is 4.76. The molecule has 0 radical (unpaired) electrons. The average Bonchev–Trinajstić information content (AvgIpc) is 2.40. The summed E-state index contributed by atoms with van der Waals surface area (Å²) in [6.07, 6.45) is 1.65. The van der Waals surface area contributed by atoms with Gasteiger partial charge in [0.15, 0.2) is 0 Å². The number of rotatable bonds is 0. The van der Waals surface area contributed by atoms with E-state index in [9.17, 15) is 0 Å². The number of anilines is 1. The largest absolute Gasteiger partial charge is 0.346 e. The second-order valence-corrected chi connectivity index (χ2v) is 4.86.